The number of benzene rings is 1. The van der Waals surface area contributed by atoms with Gasteiger partial charge in [0.2, 0.25) is 0 Å². The molecule has 0 saturated heterocycles. The van der Waals surface area contributed by atoms with Gasteiger partial charge < -0.3 is 10.4 Å². The Kier molecular flexibility index (Phi) is 3.71. The Hall–Kier alpha value is -1.45. The third-order valence-electron chi connectivity index (χ3n) is 2.66. The highest BCUT2D eigenvalue weighted by Gasteiger charge is 1.99. The number of aliphatic hydroxyl groups is 1. The molecule has 90 valence electrons. The molecular formula is C14H18N2O. The van der Waals surface area contributed by atoms with Crippen LogP contribution in [0, 0.1) is 6.92 Å². The van der Waals surface area contributed by atoms with Gasteiger partial charge in [-0.05, 0) is 37.6 Å². The van der Waals surface area contributed by atoms with Gasteiger partial charge in [0.15, 0.2) is 0 Å². The van der Waals surface area contributed by atoms with Gasteiger partial charge in [-0.1, -0.05) is 12.1 Å². The minimum absolute atomic E-state index is 0.306. The zero-order chi connectivity index (χ0) is 12.3. The molecule has 0 saturated carbocycles. The van der Waals surface area contributed by atoms with Crippen molar-refractivity contribution in [3.63, 3.8) is 0 Å². The Balaban J connectivity index is 2.12. The van der Waals surface area contributed by atoms with Gasteiger partial charge in [-0.15, -0.1) is 0 Å². The fourth-order valence-corrected chi connectivity index (χ4v) is 1.81. The zero-order valence-corrected chi connectivity index (χ0v) is 10.3. The Morgan fingerprint density at radius 1 is 1.29 bits per heavy atom. The zero-order valence-electron chi connectivity index (χ0n) is 10.3. The molecule has 0 aliphatic rings. The van der Waals surface area contributed by atoms with Gasteiger partial charge in [-0.25, -0.2) is 0 Å². The van der Waals surface area contributed by atoms with E-state index in [-0.39, 0.29) is 6.10 Å². The largest absolute Gasteiger partial charge is 0.392 e. The average Bonchev–Trinajstić information content (AvgIpc) is 2.29. The first-order chi connectivity index (χ1) is 8.15. The number of hydrogen-bond acceptors (Lipinski definition) is 3. The van der Waals surface area contributed by atoms with E-state index in [4.69, 9.17) is 5.11 Å². The number of nitrogens with zero attached hydrogens (tertiary/aromatic N) is 1. The molecule has 0 spiro atoms. The van der Waals surface area contributed by atoms with E-state index in [2.05, 4.69) is 28.5 Å². The molecule has 0 aliphatic heterocycles. The van der Waals surface area contributed by atoms with Gasteiger partial charge in [0, 0.05) is 24.2 Å². The van der Waals surface area contributed by atoms with Gasteiger partial charge in [-0.2, -0.15) is 0 Å². The number of hydrogen-bond donors (Lipinski definition) is 2. The van der Waals surface area contributed by atoms with Crippen molar-refractivity contribution in [1.82, 2.24) is 10.3 Å². The van der Waals surface area contributed by atoms with E-state index in [0.29, 0.717) is 6.54 Å². The Morgan fingerprint density at radius 3 is 2.88 bits per heavy atom. The molecule has 2 rings (SSSR count). The molecule has 3 heteroatoms. The topological polar surface area (TPSA) is 45.1 Å². The van der Waals surface area contributed by atoms with Crippen LogP contribution >= 0.6 is 0 Å². The lowest BCUT2D eigenvalue weighted by Crippen LogP contribution is -2.23. The van der Waals surface area contributed by atoms with E-state index in [1.54, 1.807) is 6.92 Å². The summed E-state index contributed by atoms with van der Waals surface area (Å²) in [7, 11) is 0. The predicted molar refractivity (Wildman–Crippen MR) is 69.9 cm³/mol. The molecule has 0 aliphatic carbocycles. The molecule has 0 bridgehead atoms. The van der Waals surface area contributed by atoms with Crippen LogP contribution in [0.15, 0.2) is 30.3 Å². The molecule has 3 nitrogen and oxygen atoms in total. The van der Waals surface area contributed by atoms with E-state index >= 15 is 0 Å². The maximum atomic E-state index is 9.16. The van der Waals surface area contributed by atoms with Crippen molar-refractivity contribution in [1.29, 1.82) is 0 Å². The third-order valence-corrected chi connectivity index (χ3v) is 2.66. The van der Waals surface area contributed by atoms with Crippen LogP contribution in [0.4, 0.5) is 0 Å². The molecule has 1 heterocycles. The van der Waals surface area contributed by atoms with Gasteiger partial charge >= 0.3 is 0 Å². The van der Waals surface area contributed by atoms with Crippen LogP contribution in [-0.4, -0.2) is 22.7 Å². The van der Waals surface area contributed by atoms with Crippen molar-refractivity contribution in [2.45, 2.75) is 26.5 Å². The molecular weight excluding hydrogens is 212 g/mol. The van der Waals surface area contributed by atoms with E-state index < -0.39 is 0 Å². The summed E-state index contributed by atoms with van der Waals surface area (Å²) in [6, 6.07) is 10.4. The number of aliphatic hydroxyl groups excluding tert-OH is 1. The molecule has 0 fully saturated rings. The van der Waals surface area contributed by atoms with E-state index in [1.807, 2.05) is 19.1 Å². The summed E-state index contributed by atoms with van der Waals surface area (Å²) < 4.78 is 0. The predicted octanol–water partition coefficient (Wildman–Crippen LogP) is 2.01. The number of nitrogens with one attached hydrogen (secondary N) is 1. The molecule has 0 amide bonds. The lowest BCUT2D eigenvalue weighted by Gasteiger charge is -2.07. The molecule has 2 N–H and O–H groups in total. The summed E-state index contributed by atoms with van der Waals surface area (Å²) in [6.45, 7) is 5.16. The lowest BCUT2D eigenvalue weighted by atomic mass is 10.1. The smallest absolute Gasteiger partial charge is 0.0705 e. The Morgan fingerprint density at radius 2 is 2.12 bits per heavy atom. The van der Waals surface area contributed by atoms with Crippen LogP contribution in [0.1, 0.15) is 18.2 Å². The van der Waals surface area contributed by atoms with Crippen LogP contribution in [0.3, 0.4) is 0 Å². The standard InChI is InChI=1S/C14H18N2O/c1-10-3-5-13-7-12(4-6-14(13)16-10)9-15-8-11(2)17/h3-7,11,15,17H,8-9H2,1-2H3. The van der Waals surface area contributed by atoms with Crippen LogP contribution in [-0.2, 0) is 6.54 Å². The van der Waals surface area contributed by atoms with E-state index in [9.17, 15) is 0 Å². The maximum Gasteiger partial charge on any atom is 0.0705 e. The summed E-state index contributed by atoms with van der Waals surface area (Å²) in [6.07, 6.45) is -0.306. The second kappa shape index (κ2) is 5.25. The molecule has 0 radical (unpaired) electrons. The second-order valence-corrected chi connectivity index (χ2v) is 4.46. The van der Waals surface area contributed by atoms with Crippen LogP contribution in [0.2, 0.25) is 0 Å². The highest BCUT2D eigenvalue weighted by molar-refractivity contribution is 5.79. The monoisotopic (exact) mass is 230 g/mol. The van der Waals surface area contributed by atoms with Crippen LogP contribution in [0.25, 0.3) is 10.9 Å². The molecule has 1 aromatic heterocycles. The molecule has 17 heavy (non-hydrogen) atoms. The number of pyridine rings is 1. The van der Waals surface area contributed by atoms with E-state index in [1.165, 1.54) is 5.56 Å². The Labute approximate surface area is 102 Å². The molecule has 2 aromatic rings. The summed E-state index contributed by atoms with van der Waals surface area (Å²) in [5.74, 6) is 0. The van der Waals surface area contributed by atoms with Gasteiger partial charge in [-0.3, -0.25) is 4.98 Å². The van der Waals surface area contributed by atoms with Gasteiger partial charge in [0.25, 0.3) is 0 Å². The third kappa shape index (κ3) is 3.25. The first kappa shape index (κ1) is 12.0. The van der Waals surface area contributed by atoms with Crippen molar-refractivity contribution in [2.75, 3.05) is 6.54 Å². The number of aromatic nitrogens is 1. The first-order valence-electron chi connectivity index (χ1n) is 5.90. The number of fused-ring (bicyclic) bond motifs is 1. The minimum atomic E-state index is -0.306. The van der Waals surface area contributed by atoms with Crippen LogP contribution < -0.4 is 5.32 Å². The van der Waals surface area contributed by atoms with Crippen LogP contribution in [0.5, 0.6) is 0 Å². The number of aryl methyl sites for hydroxylation is 1. The lowest BCUT2D eigenvalue weighted by molar-refractivity contribution is 0.191. The van der Waals surface area contributed by atoms with Crippen molar-refractivity contribution < 1.29 is 5.11 Å². The summed E-state index contributed by atoms with van der Waals surface area (Å²) in [4.78, 5) is 4.46. The fourth-order valence-electron chi connectivity index (χ4n) is 1.81. The van der Waals surface area contributed by atoms with Gasteiger partial charge in [0.05, 0.1) is 11.6 Å². The number of rotatable bonds is 4. The Bertz CT molecular complexity index is 509. The van der Waals surface area contributed by atoms with Crippen molar-refractivity contribution in [2.24, 2.45) is 0 Å². The quantitative estimate of drug-likeness (QED) is 0.844. The fraction of sp³-hybridized carbons (Fsp3) is 0.357. The van der Waals surface area contributed by atoms with Crippen molar-refractivity contribution in [3.8, 4) is 0 Å². The second-order valence-electron chi connectivity index (χ2n) is 4.46. The van der Waals surface area contributed by atoms with Crippen molar-refractivity contribution >= 4 is 10.9 Å². The normalized spacial score (nSPS) is 12.9. The molecule has 1 unspecified atom stereocenters. The summed E-state index contributed by atoms with van der Waals surface area (Å²) >= 11 is 0. The average molecular weight is 230 g/mol. The maximum absolute atomic E-state index is 9.16. The van der Waals surface area contributed by atoms with Gasteiger partial charge in [0.1, 0.15) is 0 Å². The minimum Gasteiger partial charge on any atom is -0.392 e. The highest BCUT2D eigenvalue weighted by atomic mass is 16.3. The summed E-state index contributed by atoms with van der Waals surface area (Å²) in [5, 5.41) is 13.5. The molecule has 1 atom stereocenters. The summed E-state index contributed by atoms with van der Waals surface area (Å²) in [5.41, 5.74) is 3.28. The van der Waals surface area contributed by atoms with E-state index in [0.717, 1.165) is 23.1 Å². The molecule has 1 aromatic carbocycles. The highest BCUT2D eigenvalue weighted by Crippen LogP contribution is 2.14. The SMILES string of the molecule is Cc1ccc2cc(CNCC(C)O)ccc2n1. The first-order valence-corrected chi connectivity index (χ1v) is 5.90. The van der Waals surface area contributed by atoms with Crippen molar-refractivity contribution in [3.05, 3.63) is 41.6 Å².